The van der Waals surface area contributed by atoms with Gasteiger partial charge in [-0.25, -0.2) is 0 Å². The van der Waals surface area contributed by atoms with Crippen LogP contribution in [0.3, 0.4) is 0 Å². The van der Waals surface area contributed by atoms with Crippen LogP contribution >= 0.6 is 0 Å². The Bertz CT molecular complexity index is 147. The molecule has 13 heavy (non-hydrogen) atoms. The van der Waals surface area contributed by atoms with E-state index >= 15 is 0 Å². The molecule has 1 saturated heterocycles. The summed E-state index contributed by atoms with van der Waals surface area (Å²) in [6.07, 6.45) is 0. The minimum atomic E-state index is 0.581. The Hall–Kier alpha value is -0.120. The summed E-state index contributed by atoms with van der Waals surface area (Å²) in [5.74, 6) is 0. The van der Waals surface area contributed by atoms with Crippen LogP contribution in [0.1, 0.15) is 20.8 Å². The molecule has 78 valence electrons. The molecule has 1 aliphatic rings. The SMILES string of the molecule is CCN1CC(NC)C(NC(C)C)C1. The maximum Gasteiger partial charge on any atom is 0.0363 e. The zero-order chi connectivity index (χ0) is 9.84. The predicted molar refractivity (Wildman–Crippen MR) is 57.0 cm³/mol. The standard InChI is InChI=1S/C10H23N3/c1-5-13-6-9(11-4)10(7-13)12-8(2)3/h8-12H,5-7H2,1-4H3. The molecule has 2 atom stereocenters. The second-order valence-corrected chi connectivity index (χ2v) is 4.18. The van der Waals surface area contributed by atoms with Crippen LogP contribution in [0.25, 0.3) is 0 Å². The zero-order valence-corrected chi connectivity index (χ0v) is 9.30. The Morgan fingerprint density at radius 1 is 1.31 bits per heavy atom. The van der Waals surface area contributed by atoms with E-state index in [2.05, 4.69) is 43.4 Å². The van der Waals surface area contributed by atoms with Gasteiger partial charge in [-0.15, -0.1) is 0 Å². The van der Waals surface area contributed by atoms with Gasteiger partial charge in [-0.1, -0.05) is 20.8 Å². The van der Waals surface area contributed by atoms with E-state index in [1.165, 1.54) is 13.1 Å². The van der Waals surface area contributed by atoms with Gasteiger partial charge >= 0.3 is 0 Å². The third-order valence-corrected chi connectivity index (χ3v) is 2.76. The van der Waals surface area contributed by atoms with Crippen LogP contribution in [0.2, 0.25) is 0 Å². The molecule has 0 amide bonds. The minimum absolute atomic E-state index is 0.581. The minimum Gasteiger partial charge on any atom is -0.314 e. The lowest BCUT2D eigenvalue weighted by molar-refractivity contribution is 0.340. The molecule has 1 aliphatic heterocycles. The van der Waals surface area contributed by atoms with Crippen molar-refractivity contribution >= 4 is 0 Å². The van der Waals surface area contributed by atoms with Gasteiger partial charge in [-0.2, -0.15) is 0 Å². The van der Waals surface area contributed by atoms with Crippen molar-refractivity contribution in [2.45, 2.75) is 38.9 Å². The van der Waals surface area contributed by atoms with E-state index in [1.54, 1.807) is 0 Å². The first-order chi connectivity index (χ1) is 6.17. The molecule has 0 aromatic rings. The Balaban J connectivity index is 2.43. The quantitative estimate of drug-likeness (QED) is 0.658. The number of hydrogen-bond donors (Lipinski definition) is 2. The summed E-state index contributed by atoms with van der Waals surface area (Å²) in [6.45, 7) is 10.2. The van der Waals surface area contributed by atoms with Gasteiger partial charge in [0.2, 0.25) is 0 Å². The second kappa shape index (κ2) is 4.94. The summed E-state index contributed by atoms with van der Waals surface area (Å²) in [6, 6.07) is 1.81. The molecule has 2 unspecified atom stereocenters. The second-order valence-electron chi connectivity index (χ2n) is 4.18. The predicted octanol–water partition coefficient (Wildman–Crippen LogP) is 0.277. The molecular weight excluding hydrogens is 162 g/mol. The Labute approximate surface area is 81.9 Å². The normalized spacial score (nSPS) is 30.2. The fourth-order valence-electron chi connectivity index (χ4n) is 2.03. The fourth-order valence-corrected chi connectivity index (χ4v) is 2.03. The zero-order valence-electron chi connectivity index (χ0n) is 9.30. The summed E-state index contributed by atoms with van der Waals surface area (Å²) < 4.78 is 0. The van der Waals surface area contributed by atoms with Crippen LogP contribution < -0.4 is 10.6 Å². The number of rotatable bonds is 4. The molecule has 1 rings (SSSR count). The molecule has 0 spiro atoms. The van der Waals surface area contributed by atoms with Gasteiger partial charge in [0.1, 0.15) is 0 Å². The van der Waals surface area contributed by atoms with E-state index < -0.39 is 0 Å². The van der Waals surface area contributed by atoms with Gasteiger partial charge in [-0.05, 0) is 13.6 Å². The van der Waals surface area contributed by atoms with Crippen molar-refractivity contribution in [2.24, 2.45) is 0 Å². The van der Waals surface area contributed by atoms with E-state index in [0.717, 1.165) is 6.54 Å². The monoisotopic (exact) mass is 185 g/mol. The van der Waals surface area contributed by atoms with E-state index in [9.17, 15) is 0 Å². The number of nitrogens with zero attached hydrogens (tertiary/aromatic N) is 1. The van der Waals surface area contributed by atoms with Crippen LogP contribution in [0, 0.1) is 0 Å². The van der Waals surface area contributed by atoms with Crippen LogP contribution in [-0.4, -0.2) is 49.7 Å². The van der Waals surface area contributed by atoms with Crippen molar-refractivity contribution < 1.29 is 0 Å². The van der Waals surface area contributed by atoms with E-state index in [-0.39, 0.29) is 0 Å². The first kappa shape index (κ1) is 11.0. The maximum atomic E-state index is 3.60. The fraction of sp³-hybridized carbons (Fsp3) is 1.00. The highest BCUT2D eigenvalue weighted by Crippen LogP contribution is 2.09. The van der Waals surface area contributed by atoms with Gasteiger partial charge in [0.15, 0.2) is 0 Å². The molecule has 1 fully saturated rings. The lowest BCUT2D eigenvalue weighted by Gasteiger charge is -2.21. The van der Waals surface area contributed by atoms with Gasteiger partial charge in [0.05, 0.1) is 0 Å². The topological polar surface area (TPSA) is 27.3 Å². The third-order valence-electron chi connectivity index (χ3n) is 2.76. The van der Waals surface area contributed by atoms with Crippen molar-refractivity contribution in [1.82, 2.24) is 15.5 Å². The Morgan fingerprint density at radius 3 is 2.38 bits per heavy atom. The number of likely N-dealkylation sites (tertiary alicyclic amines) is 1. The molecule has 0 saturated carbocycles. The van der Waals surface area contributed by atoms with E-state index in [1.807, 2.05) is 0 Å². The maximum absolute atomic E-state index is 3.60. The average Bonchev–Trinajstić information content (AvgIpc) is 2.46. The number of hydrogen-bond acceptors (Lipinski definition) is 3. The lowest BCUT2D eigenvalue weighted by atomic mass is 10.1. The molecule has 2 N–H and O–H groups in total. The highest BCUT2D eigenvalue weighted by Gasteiger charge is 2.30. The third kappa shape index (κ3) is 2.93. The summed E-state index contributed by atoms with van der Waals surface area (Å²) in [4.78, 5) is 2.49. The molecular formula is C10H23N3. The molecule has 0 bridgehead atoms. The summed E-state index contributed by atoms with van der Waals surface area (Å²) in [7, 11) is 2.05. The van der Waals surface area contributed by atoms with Gasteiger partial charge in [0.25, 0.3) is 0 Å². The molecule has 0 aromatic carbocycles. The van der Waals surface area contributed by atoms with E-state index in [4.69, 9.17) is 0 Å². The van der Waals surface area contributed by atoms with Crippen LogP contribution in [0.4, 0.5) is 0 Å². The van der Waals surface area contributed by atoms with Crippen molar-refractivity contribution in [3.8, 4) is 0 Å². The summed E-state index contributed by atoms with van der Waals surface area (Å²) in [5, 5.41) is 6.98. The Kier molecular flexibility index (Phi) is 4.16. The highest BCUT2D eigenvalue weighted by atomic mass is 15.2. The summed E-state index contributed by atoms with van der Waals surface area (Å²) in [5.41, 5.74) is 0. The van der Waals surface area contributed by atoms with Crippen molar-refractivity contribution in [3.63, 3.8) is 0 Å². The van der Waals surface area contributed by atoms with Crippen LogP contribution in [0.5, 0.6) is 0 Å². The largest absolute Gasteiger partial charge is 0.314 e. The lowest BCUT2D eigenvalue weighted by Crippen LogP contribution is -2.48. The smallest absolute Gasteiger partial charge is 0.0363 e. The van der Waals surface area contributed by atoms with Gasteiger partial charge < -0.3 is 15.5 Å². The van der Waals surface area contributed by atoms with Crippen molar-refractivity contribution in [2.75, 3.05) is 26.7 Å². The van der Waals surface area contributed by atoms with Crippen molar-refractivity contribution in [3.05, 3.63) is 0 Å². The molecule has 0 radical (unpaired) electrons. The van der Waals surface area contributed by atoms with Gasteiger partial charge in [-0.3, -0.25) is 0 Å². The van der Waals surface area contributed by atoms with Crippen LogP contribution in [0.15, 0.2) is 0 Å². The van der Waals surface area contributed by atoms with Crippen LogP contribution in [-0.2, 0) is 0 Å². The molecule has 0 aromatic heterocycles. The number of nitrogens with one attached hydrogen (secondary N) is 2. The molecule has 3 heteroatoms. The summed E-state index contributed by atoms with van der Waals surface area (Å²) >= 11 is 0. The first-order valence-electron chi connectivity index (χ1n) is 5.33. The van der Waals surface area contributed by atoms with E-state index in [0.29, 0.717) is 18.1 Å². The highest BCUT2D eigenvalue weighted by molar-refractivity contribution is 4.93. The molecule has 3 nitrogen and oxygen atoms in total. The number of likely N-dealkylation sites (N-methyl/N-ethyl adjacent to an activating group) is 2. The van der Waals surface area contributed by atoms with Crippen molar-refractivity contribution in [1.29, 1.82) is 0 Å². The average molecular weight is 185 g/mol. The van der Waals surface area contributed by atoms with Gasteiger partial charge in [0, 0.05) is 31.2 Å². The first-order valence-corrected chi connectivity index (χ1v) is 5.33. The molecule has 1 heterocycles. The Morgan fingerprint density at radius 2 is 1.92 bits per heavy atom. The molecule has 0 aliphatic carbocycles.